The molecule has 1 N–H and O–H groups in total. The maximum atomic E-state index is 11.9. The Kier molecular flexibility index (Phi) is 5.38. The molecular weight excluding hydrogens is 296 g/mol. The predicted molar refractivity (Wildman–Crippen MR) is 89.7 cm³/mol. The molecule has 1 heterocycles. The second kappa shape index (κ2) is 7.26. The molecule has 1 aromatic heterocycles. The molecule has 0 fully saturated rings. The van der Waals surface area contributed by atoms with Gasteiger partial charge in [0.25, 0.3) is 0 Å². The van der Waals surface area contributed by atoms with Crippen LogP contribution in [0, 0.1) is 6.92 Å². The lowest BCUT2D eigenvalue weighted by atomic mass is 10.1. The Morgan fingerprint density at radius 1 is 1.41 bits per heavy atom. The molecule has 0 aliphatic rings. The molecule has 22 heavy (non-hydrogen) atoms. The third kappa shape index (κ3) is 3.76. The van der Waals surface area contributed by atoms with Gasteiger partial charge in [-0.2, -0.15) is 0 Å². The highest BCUT2D eigenvalue weighted by Gasteiger charge is 2.18. The SMILES string of the molecule is C=CCNC(=O)C(C)Sc1nnc(-c2ccc(C)cc2)n1C. The number of rotatable bonds is 6. The average Bonchev–Trinajstić information content (AvgIpc) is 2.86. The van der Waals surface area contributed by atoms with Gasteiger partial charge in [-0.05, 0) is 13.8 Å². The van der Waals surface area contributed by atoms with Gasteiger partial charge in [-0.3, -0.25) is 4.79 Å². The van der Waals surface area contributed by atoms with E-state index in [9.17, 15) is 4.79 Å². The van der Waals surface area contributed by atoms with Crippen LogP contribution in [0.5, 0.6) is 0 Å². The van der Waals surface area contributed by atoms with Crippen LogP contribution in [0.3, 0.4) is 0 Å². The summed E-state index contributed by atoms with van der Waals surface area (Å²) in [5.74, 6) is 0.756. The van der Waals surface area contributed by atoms with Crippen molar-refractivity contribution in [2.24, 2.45) is 7.05 Å². The van der Waals surface area contributed by atoms with Crippen LogP contribution < -0.4 is 5.32 Å². The standard InChI is InChI=1S/C16H20N4OS/c1-5-10-17-15(21)12(3)22-16-19-18-14(20(16)4)13-8-6-11(2)7-9-13/h5-9,12H,1,10H2,2-4H3,(H,17,21). The van der Waals surface area contributed by atoms with Crippen LogP contribution in [0.2, 0.25) is 0 Å². The van der Waals surface area contributed by atoms with Crippen LogP contribution in [-0.2, 0) is 11.8 Å². The monoisotopic (exact) mass is 316 g/mol. The summed E-state index contributed by atoms with van der Waals surface area (Å²) in [5.41, 5.74) is 2.21. The fourth-order valence-corrected chi connectivity index (χ4v) is 2.74. The molecule has 1 aromatic carbocycles. The molecule has 0 aliphatic carbocycles. The third-order valence-electron chi connectivity index (χ3n) is 3.22. The molecule has 1 atom stereocenters. The van der Waals surface area contributed by atoms with Crippen LogP contribution in [0.4, 0.5) is 0 Å². The molecule has 2 aromatic rings. The lowest BCUT2D eigenvalue weighted by Crippen LogP contribution is -2.31. The Labute approximate surface area is 134 Å². The van der Waals surface area contributed by atoms with Crippen molar-refractivity contribution >= 4 is 17.7 Å². The Hall–Kier alpha value is -2.08. The molecule has 0 bridgehead atoms. The number of nitrogens with zero attached hydrogens (tertiary/aromatic N) is 3. The first-order valence-electron chi connectivity index (χ1n) is 7.04. The lowest BCUT2D eigenvalue weighted by Gasteiger charge is -2.10. The molecule has 5 nitrogen and oxygen atoms in total. The Bertz CT molecular complexity index is 663. The first kappa shape index (κ1) is 16.3. The molecule has 0 spiro atoms. The zero-order valence-corrected chi connectivity index (χ0v) is 13.9. The summed E-state index contributed by atoms with van der Waals surface area (Å²) < 4.78 is 1.91. The average molecular weight is 316 g/mol. The number of amides is 1. The summed E-state index contributed by atoms with van der Waals surface area (Å²) in [4.78, 5) is 11.9. The molecule has 0 aliphatic heterocycles. The largest absolute Gasteiger partial charge is 0.352 e. The Morgan fingerprint density at radius 3 is 2.73 bits per heavy atom. The lowest BCUT2D eigenvalue weighted by molar-refractivity contribution is -0.120. The van der Waals surface area contributed by atoms with Gasteiger partial charge in [0.2, 0.25) is 5.91 Å². The van der Waals surface area contributed by atoms with E-state index in [0.717, 1.165) is 16.5 Å². The number of aryl methyl sites for hydroxylation is 1. The highest BCUT2D eigenvalue weighted by atomic mass is 32.2. The van der Waals surface area contributed by atoms with Crippen LogP contribution in [-0.4, -0.2) is 32.5 Å². The number of hydrogen-bond donors (Lipinski definition) is 1. The molecule has 0 saturated heterocycles. The number of thioether (sulfide) groups is 1. The van der Waals surface area contributed by atoms with Crippen molar-refractivity contribution in [3.63, 3.8) is 0 Å². The molecule has 116 valence electrons. The van der Waals surface area contributed by atoms with Crippen molar-refractivity contribution < 1.29 is 4.79 Å². The summed E-state index contributed by atoms with van der Waals surface area (Å²) in [6.45, 7) is 7.95. The summed E-state index contributed by atoms with van der Waals surface area (Å²) in [6, 6.07) is 8.13. The van der Waals surface area contributed by atoms with Gasteiger partial charge in [-0.1, -0.05) is 47.7 Å². The van der Waals surface area contributed by atoms with E-state index in [1.54, 1.807) is 6.08 Å². The van der Waals surface area contributed by atoms with Crippen molar-refractivity contribution in [3.05, 3.63) is 42.5 Å². The van der Waals surface area contributed by atoms with Crippen LogP contribution in [0.25, 0.3) is 11.4 Å². The summed E-state index contributed by atoms with van der Waals surface area (Å²) >= 11 is 1.39. The van der Waals surface area contributed by atoms with Gasteiger partial charge in [0.05, 0.1) is 5.25 Å². The Balaban J connectivity index is 2.12. The van der Waals surface area contributed by atoms with E-state index in [4.69, 9.17) is 0 Å². The first-order chi connectivity index (χ1) is 10.5. The van der Waals surface area contributed by atoms with Gasteiger partial charge in [0.15, 0.2) is 11.0 Å². The minimum absolute atomic E-state index is 0.0372. The fraction of sp³-hybridized carbons (Fsp3) is 0.312. The molecule has 2 rings (SSSR count). The molecule has 0 radical (unpaired) electrons. The van der Waals surface area contributed by atoms with E-state index in [-0.39, 0.29) is 11.2 Å². The van der Waals surface area contributed by atoms with Crippen molar-refractivity contribution in [2.75, 3.05) is 6.54 Å². The Morgan fingerprint density at radius 2 is 2.09 bits per heavy atom. The summed E-state index contributed by atoms with van der Waals surface area (Å²) in [7, 11) is 1.91. The van der Waals surface area contributed by atoms with Crippen LogP contribution in [0.15, 0.2) is 42.1 Å². The van der Waals surface area contributed by atoms with Crippen LogP contribution in [0.1, 0.15) is 12.5 Å². The second-order valence-corrected chi connectivity index (χ2v) is 6.33. The van der Waals surface area contributed by atoms with Gasteiger partial charge < -0.3 is 9.88 Å². The molecule has 1 unspecified atom stereocenters. The minimum atomic E-state index is -0.242. The molecule has 1 amide bonds. The van der Waals surface area contributed by atoms with Gasteiger partial charge >= 0.3 is 0 Å². The number of benzene rings is 1. The highest BCUT2D eigenvalue weighted by molar-refractivity contribution is 8.00. The van der Waals surface area contributed by atoms with Crippen molar-refractivity contribution in [1.82, 2.24) is 20.1 Å². The first-order valence-corrected chi connectivity index (χ1v) is 7.92. The van der Waals surface area contributed by atoms with E-state index >= 15 is 0 Å². The zero-order chi connectivity index (χ0) is 16.1. The van der Waals surface area contributed by atoms with E-state index in [2.05, 4.69) is 22.1 Å². The number of aromatic nitrogens is 3. The maximum Gasteiger partial charge on any atom is 0.233 e. The van der Waals surface area contributed by atoms with Crippen molar-refractivity contribution in [3.8, 4) is 11.4 Å². The maximum absolute atomic E-state index is 11.9. The molecule has 0 saturated carbocycles. The number of carbonyl (C=O) groups excluding carboxylic acids is 1. The normalized spacial score (nSPS) is 12.0. The molecule has 6 heteroatoms. The predicted octanol–water partition coefficient (Wildman–Crippen LogP) is 2.57. The quantitative estimate of drug-likeness (QED) is 0.657. The highest BCUT2D eigenvalue weighted by Crippen LogP contribution is 2.25. The minimum Gasteiger partial charge on any atom is -0.352 e. The fourth-order valence-electron chi connectivity index (χ4n) is 1.90. The molecular formula is C16H20N4OS. The van der Waals surface area contributed by atoms with E-state index in [1.807, 2.05) is 49.7 Å². The van der Waals surface area contributed by atoms with Gasteiger partial charge in [-0.25, -0.2) is 0 Å². The van der Waals surface area contributed by atoms with Crippen LogP contribution >= 0.6 is 11.8 Å². The second-order valence-electron chi connectivity index (χ2n) is 5.03. The summed E-state index contributed by atoms with van der Waals surface area (Å²) in [5, 5.41) is 11.7. The van der Waals surface area contributed by atoms with Crippen molar-refractivity contribution in [1.29, 1.82) is 0 Å². The van der Waals surface area contributed by atoms with Crippen molar-refractivity contribution in [2.45, 2.75) is 24.3 Å². The number of hydrogen-bond acceptors (Lipinski definition) is 4. The smallest absolute Gasteiger partial charge is 0.233 e. The number of carbonyl (C=O) groups is 1. The van der Waals surface area contributed by atoms with Gasteiger partial charge in [0, 0.05) is 19.2 Å². The van der Waals surface area contributed by atoms with E-state index in [1.165, 1.54) is 17.3 Å². The van der Waals surface area contributed by atoms with E-state index in [0.29, 0.717) is 6.54 Å². The third-order valence-corrected chi connectivity index (χ3v) is 4.35. The summed E-state index contributed by atoms with van der Waals surface area (Å²) in [6.07, 6.45) is 1.66. The topological polar surface area (TPSA) is 59.8 Å². The van der Waals surface area contributed by atoms with Gasteiger partial charge in [-0.15, -0.1) is 16.8 Å². The number of nitrogens with one attached hydrogen (secondary N) is 1. The van der Waals surface area contributed by atoms with Gasteiger partial charge in [0.1, 0.15) is 0 Å². The zero-order valence-electron chi connectivity index (χ0n) is 13.0. The van der Waals surface area contributed by atoms with E-state index < -0.39 is 0 Å².